The summed E-state index contributed by atoms with van der Waals surface area (Å²) in [5.74, 6) is 0. The summed E-state index contributed by atoms with van der Waals surface area (Å²) < 4.78 is 30.0. The van der Waals surface area contributed by atoms with Gasteiger partial charge in [0.15, 0.2) is 0 Å². The molecule has 0 amide bonds. The van der Waals surface area contributed by atoms with Gasteiger partial charge in [-0.25, -0.2) is 0 Å². The van der Waals surface area contributed by atoms with E-state index in [0.717, 1.165) is 9.83 Å². The minimum atomic E-state index is 0. The summed E-state index contributed by atoms with van der Waals surface area (Å²) >= 11 is 8.25. The molecule has 0 radical (unpaired) electrons. The standard InChI is InChI=1S/2C5H10.4CO.2Fe.H2S3/c2*1-2-4-5-3-1;4*1-2;;;1-3-2/h2*1-5H2;;;;;;;1-2H/q;;;;;;2*+2;/p-2. The van der Waals surface area contributed by atoms with E-state index in [1.807, 2.05) is 0 Å². The zero-order valence-electron chi connectivity index (χ0n) is 12.6. The fourth-order valence-electron chi connectivity index (χ4n) is 1.77. The van der Waals surface area contributed by atoms with Gasteiger partial charge in [-0.15, -0.1) is 0 Å². The predicted octanol–water partition coefficient (Wildman–Crippen LogP) is 4.39. The second-order valence-corrected chi connectivity index (χ2v) is 5.37. The van der Waals surface area contributed by atoms with Crippen LogP contribution in [0.5, 0.6) is 0 Å². The molecule has 0 bridgehead atoms. The zero-order valence-corrected chi connectivity index (χ0v) is 17.3. The van der Waals surface area contributed by atoms with Gasteiger partial charge in [-0.2, -0.15) is 0 Å². The molecule has 2 saturated carbocycles. The van der Waals surface area contributed by atoms with Gasteiger partial charge in [-0.05, 0) is 0 Å². The average molecular weight is 460 g/mol. The van der Waals surface area contributed by atoms with E-state index in [1.165, 1.54) is 64.2 Å². The minimum Gasteiger partial charge on any atom is -0.747 e. The number of hydrogen-bond acceptors (Lipinski definition) is 3. The van der Waals surface area contributed by atoms with Gasteiger partial charge in [0.1, 0.15) is 0 Å². The number of hydrogen-bond donors (Lipinski definition) is 0. The van der Waals surface area contributed by atoms with Crippen molar-refractivity contribution in [3.63, 3.8) is 0 Å². The molecule has 23 heavy (non-hydrogen) atoms. The Kier molecular flexibility index (Phi) is 148. The summed E-state index contributed by atoms with van der Waals surface area (Å²) in [7, 11) is 0.917. The second kappa shape index (κ2) is 77.2. The van der Waals surface area contributed by atoms with E-state index in [1.54, 1.807) is 0 Å². The molecule has 0 saturated heterocycles. The van der Waals surface area contributed by atoms with Crippen LogP contribution < -0.4 is 0 Å². The van der Waals surface area contributed by atoms with Gasteiger partial charge in [0, 0.05) is 0 Å². The first kappa shape index (κ1) is 44.0. The number of rotatable bonds is 0. The Bertz CT molecular complexity index is 168. The van der Waals surface area contributed by atoms with Crippen molar-refractivity contribution in [2.75, 3.05) is 0 Å². The third kappa shape index (κ3) is 83.7. The average Bonchev–Trinajstić information content (AvgIpc) is 3.33. The van der Waals surface area contributed by atoms with Crippen LogP contribution in [-0.4, -0.2) is 0 Å². The molecule has 0 atom stereocenters. The fraction of sp³-hybridized carbons (Fsp3) is 0.714. The molecule has 0 spiro atoms. The van der Waals surface area contributed by atoms with Gasteiger partial charge in [0.05, 0.1) is 0 Å². The van der Waals surface area contributed by atoms with Gasteiger partial charge in [0.2, 0.25) is 0 Å². The third-order valence-electron chi connectivity index (χ3n) is 2.50. The smallest absolute Gasteiger partial charge is 0.747 e. The molecule has 0 heterocycles. The largest absolute Gasteiger partial charge is 2.00 e. The fourth-order valence-corrected chi connectivity index (χ4v) is 1.77. The summed E-state index contributed by atoms with van der Waals surface area (Å²) in [4.78, 5) is 0. The molecule has 0 aliphatic heterocycles. The van der Waals surface area contributed by atoms with Crippen LogP contribution in [0.2, 0.25) is 0 Å². The van der Waals surface area contributed by atoms with E-state index in [0.29, 0.717) is 0 Å². The van der Waals surface area contributed by atoms with Crippen LogP contribution >= 0.6 is 9.83 Å². The molecule has 0 aromatic heterocycles. The van der Waals surface area contributed by atoms with Crippen molar-refractivity contribution in [1.29, 1.82) is 0 Å². The van der Waals surface area contributed by atoms with Crippen molar-refractivity contribution < 1.29 is 52.7 Å². The van der Waals surface area contributed by atoms with Gasteiger partial charge >= 0.3 is 79.3 Å². The summed E-state index contributed by atoms with van der Waals surface area (Å²) in [6.45, 7) is 18.0. The van der Waals surface area contributed by atoms with Gasteiger partial charge in [-0.1, -0.05) is 64.2 Å². The molecule has 0 unspecified atom stereocenters. The van der Waals surface area contributed by atoms with E-state index < -0.39 is 0 Å². The quantitative estimate of drug-likeness (QED) is 0.177. The SMILES string of the molecule is C1CCCC1.C1CCCC1.[C-]#[O+].[C-]#[O+].[C-]#[O+].[C-]#[O+].[Fe+2].[Fe+2].[S-]S[S-]. The topological polar surface area (TPSA) is 79.6 Å². The van der Waals surface area contributed by atoms with Gasteiger partial charge in [-0.3, -0.25) is 0 Å². The van der Waals surface area contributed by atoms with Crippen LogP contribution in [0.1, 0.15) is 64.2 Å². The molecule has 132 valence electrons. The molecule has 0 N–H and O–H groups in total. The summed E-state index contributed by atoms with van der Waals surface area (Å²) in [5, 5.41) is 0. The normalized spacial score (nSPS) is 11.6. The minimum absolute atomic E-state index is 0. The van der Waals surface area contributed by atoms with Crippen molar-refractivity contribution in [2.24, 2.45) is 0 Å². The Labute approximate surface area is 175 Å². The van der Waals surface area contributed by atoms with Crippen LogP contribution in [0.3, 0.4) is 0 Å². The molecule has 2 aliphatic rings. The van der Waals surface area contributed by atoms with E-state index >= 15 is 0 Å². The molecule has 9 heteroatoms. The molecule has 4 nitrogen and oxygen atoms in total. The van der Waals surface area contributed by atoms with Crippen LogP contribution in [0.15, 0.2) is 0 Å². The first-order chi connectivity index (χ1) is 10.4. The van der Waals surface area contributed by atoms with Crippen LogP contribution in [0.4, 0.5) is 0 Å². The molecule has 2 fully saturated rings. The molecular weight excluding hydrogens is 440 g/mol. The summed E-state index contributed by atoms with van der Waals surface area (Å²) in [6.07, 6.45) is 15.0. The maximum absolute atomic E-state index is 7.50. The first-order valence-electron chi connectivity index (χ1n) is 6.15. The first-order valence-corrected chi connectivity index (χ1v) is 8.82. The maximum Gasteiger partial charge on any atom is 2.00 e. The maximum atomic E-state index is 7.50. The van der Waals surface area contributed by atoms with E-state index in [4.69, 9.17) is 18.6 Å². The Morgan fingerprint density at radius 2 is 0.478 bits per heavy atom. The Morgan fingerprint density at radius 1 is 0.435 bits per heavy atom. The van der Waals surface area contributed by atoms with Crippen molar-refractivity contribution in [3.8, 4) is 0 Å². The molecule has 2 aliphatic carbocycles. The Hall–Kier alpha value is 1.05. The van der Waals surface area contributed by atoms with Crippen molar-refractivity contribution >= 4 is 33.1 Å². The monoisotopic (exact) mass is 460 g/mol. The Morgan fingerprint density at radius 3 is 0.522 bits per heavy atom. The second-order valence-electron chi connectivity index (χ2n) is 3.60. The Balaban J connectivity index is -0.0000000271. The van der Waals surface area contributed by atoms with Gasteiger partial charge < -0.3 is 33.1 Å². The summed E-state index contributed by atoms with van der Waals surface area (Å²) in [5.41, 5.74) is 0. The third-order valence-corrected chi connectivity index (χ3v) is 2.50. The molecule has 0 aromatic rings. The molecule has 2 rings (SSSR count). The van der Waals surface area contributed by atoms with Crippen LogP contribution in [-0.2, 0) is 76.1 Å². The van der Waals surface area contributed by atoms with Gasteiger partial charge in [0.25, 0.3) is 0 Å². The molecule has 0 aromatic carbocycles. The zero-order chi connectivity index (χ0) is 17.8. The molecular formula is C14H20Fe2O4S3+2. The van der Waals surface area contributed by atoms with E-state index in [9.17, 15) is 0 Å². The van der Waals surface area contributed by atoms with Crippen molar-refractivity contribution in [2.45, 2.75) is 64.2 Å². The predicted molar refractivity (Wildman–Crippen MR) is 84.2 cm³/mol. The summed E-state index contributed by atoms with van der Waals surface area (Å²) in [6, 6.07) is 0. The van der Waals surface area contributed by atoms with Crippen LogP contribution in [0, 0.1) is 26.6 Å². The van der Waals surface area contributed by atoms with Crippen molar-refractivity contribution in [1.82, 2.24) is 0 Å². The van der Waals surface area contributed by atoms with E-state index in [-0.39, 0.29) is 34.1 Å². The van der Waals surface area contributed by atoms with E-state index in [2.05, 4.69) is 49.9 Å². The van der Waals surface area contributed by atoms with Crippen molar-refractivity contribution in [3.05, 3.63) is 26.6 Å². The van der Waals surface area contributed by atoms with Crippen LogP contribution in [0.25, 0.3) is 0 Å².